The van der Waals surface area contributed by atoms with Crippen LogP contribution in [-0.4, -0.2) is 36.4 Å². The highest BCUT2D eigenvalue weighted by atomic mass is 16.5. The molecule has 4 heteroatoms. The lowest BCUT2D eigenvalue weighted by molar-refractivity contribution is 0.296. The van der Waals surface area contributed by atoms with Crippen molar-refractivity contribution >= 4 is 6.21 Å². The molecule has 0 aliphatic rings. The smallest absolute Gasteiger partial charge is 0.166 e. The second-order valence-corrected chi connectivity index (χ2v) is 5.65. The summed E-state index contributed by atoms with van der Waals surface area (Å²) in [6.07, 6.45) is 1.68. The van der Waals surface area contributed by atoms with Crippen LogP contribution in [0.3, 0.4) is 0 Å². The zero-order valence-corrected chi connectivity index (χ0v) is 14.7. The molecule has 0 unspecified atom stereocenters. The van der Waals surface area contributed by atoms with Crippen molar-refractivity contribution in [3.05, 3.63) is 59.2 Å². The number of methoxy groups -OCH3 is 1. The van der Waals surface area contributed by atoms with Crippen molar-refractivity contribution in [1.82, 2.24) is 4.90 Å². The Bertz CT molecular complexity index is 662. The summed E-state index contributed by atoms with van der Waals surface area (Å²) < 4.78 is 5.10. The van der Waals surface area contributed by atoms with E-state index < -0.39 is 0 Å². The van der Waals surface area contributed by atoms with Crippen LogP contribution >= 0.6 is 0 Å². The molecule has 128 valence electrons. The second-order valence-electron chi connectivity index (χ2n) is 5.65. The van der Waals surface area contributed by atoms with E-state index in [4.69, 9.17) is 4.74 Å². The summed E-state index contributed by atoms with van der Waals surface area (Å²) >= 11 is 0. The summed E-state index contributed by atoms with van der Waals surface area (Å²) in [7, 11) is 1.54. The summed E-state index contributed by atoms with van der Waals surface area (Å²) in [5.41, 5.74) is 3.13. The van der Waals surface area contributed by atoms with Crippen LogP contribution in [0.2, 0.25) is 0 Å². The molecule has 0 atom stereocenters. The van der Waals surface area contributed by atoms with Crippen molar-refractivity contribution < 1.29 is 9.84 Å². The lowest BCUT2D eigenvalue weighted by atomic mass is 10.1. The summed E-state index contributed by atoms with van der Waals surface area (Å²) in [5.74, 6) is 0.582. The molecule has 0 amide bonds. The normalized spacial score (nSPS) is 11.3. The molecular weight excluding hydrogens is 300 g/mol. The molecular formula is C20H26N2O2. The van der Waals surface area contributed by atoms with Crippen LogP contribution < -0.4 is 4.74 Å². The monoisotopic (exact) mass is 326 g/mol. The first kappa shape index (κ1) is 18.0. The summed E-state index contributed by atoms with van der Waals surface area (Å²) in [6, 6.07) is 13.9. The van der Waals surface area contributed by atoms with Gasteiger partial charge in [0.25, 0.3) is 0 Å². The predicted octanol–water partition coefficient (Wildman–Crippen LogP) is 3.86. The minimum atomic E-state index is 0.123. The van der Waals surface area contributed by atoms with E-state index in [1.54, 1.807) is 12.3 Å². The number of ether oxygens (including phenoxy) is 1. The van der Waals surface area contributed by atoms with Gasteiger partial charge in [-0.15, -0.1) is 0 Å². The zero-order chi connectivity index (χ0) is 17.4. The Hall–Kier alpha value is -2.33. The second kappa shape index (κ2) is 9.08. The average molecular weight is 326 g/mol. The third-order valence-corrected chi connectivity index (χ3v) is 4.08. The van der Waals surface area contributed by atoms with Crippen molar-refractivity contribution in [2.24, 2.45) is 4.99 Å². The van der Waals surface area contributed by atoms with Crippen molar-refractivity contribution in [3.63, 3.8) is 0 Å². The van der Waals surface area contributed by atoms with Crippen LogP contribution in [0, 0.1) is 0 Å². The maximum Gasteiger partial charge on any atom is 0.166 e. The molecule has 0 saturated heterocycles. The van der Waals surface area contributed by atoms with Gasteiger partial charge in [-0.1, -0.05) is 44.2 Å². The van der Waals surface area contributed by atoms with E-state index in [0.717, 1.165) is 25.2 Å². The Morgan fingerprint density at radius 1 is 1.04 bits per heavy atom. The number of rotatable bonds is 8. The molecule has 0 spiro atoms. The first-order valence-electron chi connectivity index (χ1n) is 8.33. The van der Waals surface area contributed by atoms with Gasteiger partial charge in [0.1, 0.15) is 0 Å². The first-order valence-corrected chi connectivity index (χ1v) is 8.33. The van der Waals surface area contributed by atoms with E-state index in [1.807, 2.05) is 12.1 Å². The van der Waals surface area contributed by atoms with Gasteiger partial charge in [0.05, 0.1) is 13.7 Å². The molecule has 1 N–H and O–H groups in total. The van der Waals surface area contributed by atoms with E-state index in [-0.39, 0.29) is 5.75 Å². The van der Waals surface area contributed by atoms with E-state index >= 15 is 0 Å². The molecule has 4 nitrogen and oxygen atoms in total. The third-order valence-electron chi connectivity index (χ3n) is 4.08. The number of nitrogens with zero attached hydrogens (tertiary/aromatic N) is 2. The van der Waals surface area contributed by atoms with E-state index in [1.165, 1.54) is 12.7 Å². The molecule has 0 radical (unpaired) electrons. The SMILES string of the molecule is CCN(CC)Cc1ccc(CN=Cc2cccc(OC)c2O)cc1. The molecule has 0 heterocycles. The molecule has 24 heavy (non-hydrogen) atoms. The first-order chi connectivity index (χ1) is 11.7. The van der Waals surface area contributed by atoms with Crippen LogP contribution in [0.15, 0.2) is 47.5 Å². The Balaban J connectivity index is 1.97. The molecule has 2 rings (SSSR count). The molecule has 0 bridgehead atoms. The number of phenolic OH excluding ortho intramolecular Hbond substituents is 1. The van der Waals surface area contributed by atoms with Gasteiger partial charge < -0.3 is 9.84 Å². The van der Waals surface area contributed by atoms with Crippen LogP contribution in [0.25, 0.3) is 0 Å². The summed E-state index contributed by atoms with van der Waals surface area (Å²) in [6.45, 7) is 8.05. The molecule has 0 aliphatic heterocycles. The Labute approximate surface area is 144 Å². The maximum atomic E-state index is 10.0. The van der Waals surface area contributed by atoms with Crippen LogP contribution in [0.5, 0.6) is 11.5 Å². The topological polar surface area (TPSA) is 45.1 Å². The van der Waals surface area contributed by atoms with Gasteiger partial charge in [0, 0.05) is 18.3 Å². The van der Waals surface area contributed by atoms with Crippen molar-refractivity contribution in [2.45, 2.75) is 26.9 Å². The molecule has 0 saturated carbocycles. The highest BCUT2D eigenvalue weighted by molar-refractivity contribution is 5.84. The Morgan fingerprint density at radius 3 is 2.33 bits per heavy atom. The number of hydrogen-bond acceptors (Lipinski definition) is 4. The van der Waals surface area contributed by atoms with E-state index in [0.29, 0.717) is 17.9 Å². The van der Waals surface area contributed by atoms with Crippen LogP contribution in [0.1, 0.15) is 30.5 Å². The standard InChI is InChI=1S/C20H26N2O2/c1-4-22(5-2)15-17-11-9-16(10-12-17)13-21-14-18-7-6-8-19(24-3)20(18)23/h6-12,14,23H,4-5,13,15H2,1-3H3. The largest absolute Gasteiger partial charge is 0.504 e. The van der Waals surface area contributed by atoms with Gasteiger partial charge in [0.15, 0.2) is 11.5 Å². The summed E-state index contributed by atoms with van der Waals surface area (Å²) in [5, 5.41) is 10.0. The van der Waals surface area contributed by atoms with Gasteiger partial charge in [-0.25, -0.2) is 0 Å². The number of phenols is 1. The van der Waals surface area contributed by atoms with E-state index in [2.05, 4.69) is 48.0 Å². The Morgan fingerprint density at radius 2 is 1.71 bits per heavy atom. The summed E-state index contributed by atoms with van der Waals surface area (Å²) in [4.78, 5) is 6.81. The van der Waals surface area contributed by atoms with Crippen molar-refractivity contribution in [2.75, 3.05) is 20.2 Å². The zero-order valence-electron chi connectivity index (χ0n) is 14.7. The molecule has 0 aliphatic carbocycles. The number of aromatic hydroxyl groups is 1. The van der Waals surface area contributed by atoms with Crippen LogP contribution in [0.4, 0.5) is 0 Å². The maximum absolute atomic E-state index is 10.0. The minimum Gasteiger partial charge on any atom is -0.504 e. The van der Waals surface area contributed by atoms with Gasteiger partial charge in [-0.05, 0) is 36.3 Å². The highest BCUT2D eigenvalue weighted by Crippen LogP contribution is 2.28. The number of benzene rings is 2. The third kappa shape index (κ3) is 4.83. The van der Waals surface area contributed by atoms with Gasteiger partial charge >= 0.3 is 0 Å². The fourth-order valence-electron chi connectivity index (χ4n) is 2.51. The van der Waals surface area contributed by atoms with E-state index in [9.17, 15) is 5.11 Å². The molecule has 2 aromatic rings. The predicted molar refractivity (Wildman–Crippen MR) is 99.0 cm³/mol. The van der Waals surface area contributed by atoms with Crippen molar-refractivity contribution in [1.29, 1.82) is 0 Å². The van der Waals surface area contributed by atoms with Gasteiger partial charge in [0.2, 0.25) is 0 Å². The van der Waals surface area contributed by atoms with Crippen molar-refractivity contribution in [3.8, 4) is 11.5 Å². The number of aliphatic imine (C=N–C) groups is 1. The number of hydrogen-bond donors (Lipinski definition) is 1. The highest BCUT2D eigenvalue weighted by Gasteiger charge is 2.04. The van der Waals surface area contributed by atoms with Crippen LogP contribution in [-0.2, 0) is 13.1 Å². The average Bonchev–Trinajstić information content (AvgIpc) is 2.62. The lowest BCUT2D eigenvalue weighted by Gasteiger charge is -2.17. The molecule has 2 aromatic carbocycles. The van der Waals surface area contributed by atoms with Gasteiger partial charge in [-0.2, -0.15) is 0 Å². The fraction of sp³-hybridized carbons (Fsp3) is 0.350. The lowest BCUT2D eigenvalue weighted by Crippen LogP contribution is -2.21. The van der Waals surface area contributed by atoms with Gasteiger partial charge in [-0.3, -0.25) is 9.89 Å². The quantitative estimate of drug-likeness (QED) is 0.749. The molecule has 0 aromatic heterocycles. The number of para-hydroxylation sites is 1. The minimum absolute atomic E-state index is 0.123. The molecule has 0 fully saturated rings. The fourth-order valence-corrected chi connectivity index (χ4v) is 2.51. The Kier molecular flexibility index (Phi) is 6.82.